The first kappa shape index (κ1) is 26.0. The van der Waals surface area contributed by atoms with Gasteiger partial charge >= 0.3 is 0 Å². The second-order valence-corrected chi connectivity index (χ2v) is 8.52. The van der Waals surface area contributed by atoms with Gasteiger partial charge in [0.05, 0.1) is 49.6 Å². The molecule has 1 atom stereocenters. The summed E-state index contributed by atoms with van der Waals surface area (Å²) >= 11 is 0. The molecule has 8 nitrogen and oxygen atoms in total. The van der Waals surface area contributed by atoms with E-state index in [1.54, 1.807) is 18.1 Å². The fraction of sp³-hybridized carbons (Fsp3) is 0.276. The largest absolute Gasteiger partial charge is 0.497 e. The zero-order valence-electron chi connectivity index (χ0n) is 21.0. The second kappa shape index (κ2) is 12.8. The molecule has 0 aliphatic heterocycles. The van der Waals surface area contributed by atoms with Gasteiger partial charge in [0.2, 0.25) is 5.88 Å². The standard InChI is InChI=1S/C29H31N3O5/c1-4-16-35-21-24(33)18-31(19-27-11-8-17-36-27)20-28-22(2)30-32(23-9-6-5-7-10-23)29(28)37-26-14-12-25(34-3)13-15-26/h1,5-15,17,24,33H,16,18-21H2,2-3H3/t24-/m1/s1. The maximum atomic E-state index is 10.6. The highest BCUT2D eigenvalue weighted by atomic mass is 16.5. The van der Waals surface area contributed by atoms with Gasteiger partial charge in [0.25, 0.3) is 0 Å². The third-order valence-corrected chi connectivity index (χ3v) is 5.72. The van der Waals surface area contributed by atoms with Crippen molar-refractivity contribution in [2.45, 2.75) is 26.1 Å². The molecule has 0 aliphatic carbocycles. The van der Waals surface area contributed by atoms with Crippen molar-refractivity contribution in [3.8, 4) is 35.4 Å². The number of aryl methyl sites for hydroxylation is 1. The minimum Gasteiger partial charge on any atom is -0.497 e. The van der Waals surface area contributed by atoms with Crippen molar-refractivity contribution in [2.24, 2.45) is 0 Å². The fourth-order valence-electron chi connectivity index (χ4n) is 3.96. The van der Waals surface area contributed by atoms with Crippen LogP contribution in [0.3, 0.4) is 0 Å². The summed E-state index contributed by atoms with van der Waals surface area (Å²) in [5.74, 6) is 5.19. The van der Waals surface area contributed by atoms with Crippen LogP contribution < -0.4 is 9.47 Å². The molecular weight excluding hydrogens is 470 g/mol. The van der Waals surface area contributed by atoms with Crippen LogP contribution in [0.15, 0.2) is 77.4 Å². The van der Waals surface area contributed by atoms with Crippen LogP contribution in [0.1, 0.15) is 17.0 Å². The van der Waals surface area contributed by atoms with Crippen LogP contribution >= 0.6 is 0 Å². The Kier molecular flexibility index (Phi) is 9.00. The molecule has 8 heteroatoms. The second-order valence-electron chi connectivity index (χ2n) is 8.52. The van der Waals surface area contributed by atoms with Crippen molar-refractivity contribution < 1.29 is 23.7 Å². The molecule has 0 unspecified atom stereocenters. The Morgan fingerprint density at radius 1 is 1.05 bits per heavy atom. The number of terminal acetylenes is 1. The minimum atomic E-state index is -0.737. The van der Waals surface area contributed by atoms with Crippen LogP contribution in [0, 0.1) is 19.3 Å². The molecule has 4 aromatic rings. The molecule has 0 saturated heterocycles. The first-order valence-corrected chi connectivity index (χ1v) is 12.0. The lowest BCUT2D eigenvalue weighted by Crippen LogP contribution is -2.34. The van der Waals surface area contributed by atoms with E-state index in [1.807, 2.05) is 73.7 Å². The lowest BCUT2D eigenvalue weighted by molar-refractivity contribution is 0.0228. The minimum absolute atomic E-state index is 0.135. The summed E-state index contributed by atoms with van der Waals surface area (Å²) in [6, 6.07) is 21.0. The lowest BCUT2D eigenvalue weighted by atomic mass is 10.2. The number of hydrogen-bond donors (Lipinski definition) is 1. The van der Waals surface area contributed by atoms with Crippen LogP contribution in [0.4, 0.5) is 0 Å². The highest BCUT2D eigenvalue weighted by Gasteiger charge is 2.23. The number of rotatable bonds is 13. The SMILES string of the molecule is C#CCOC[C@H](O)CN(Cc1ccco1)Cc1c(C)nn(-c2ccccc2)c1Oc1ccc(OC)cc1. The van der Waals surface area contributed by atoms with Crippen LogP contribution in [0.5, 0.6) is 17.4 Å². The van der Waals surface area contributed by atoms with E-state index in [4.69, 9.17) is 30.1 Å². The molecule has 0 spiro atoms. The molecule has 1 N–H and O–H groups in total. The summed E-state index contributed by atoms with van der Waals surface area (Å²) in [7, 11) is 1.63. The van der Waals surface area contributed by atoms with Crippen LogP contribution in [0.2, 0.25) is 0 Å². The monoisotopic (exact) mass is 501 g/mol. The Hall–Kier alpha value is -4.03. The molecule has 2 aromatic carbocycles. The number of nitrogens with zero attached hydrogens (tertiary/aromatic N) is 3. The summed E-state index contributed by atoms with van der Waals surface area (Å²) in [5.41, 5.74) is 2.58. The van der Waals surface area contributed by atoms with Crippen molar-refractivity contribution in [1.82, 2.24) is 14.7 Å². The Balaban J connectivity index is 1.66. The molecule has 192 valence electrons. The van der Waals surface area contributed by atoms with Gasteiger partial charge in [-0.25, -0.2) is 4.68 Å². The van der Waals surface area contributed by atoms with Gasteiger partial charge in [-0.1, -0.05) is 24.1 Å². The van der Waals surface area contributed by atoms with Crippen LogP contribution in [-0.4, -0.2) is 52.8 Å². The average molecular weight is 502 g/mol. The van der Waals surface area contributed by atoms with Crippen LogP contribution in [0.25, 0.3) is 5.69 Å². The number of benzene rings is 2. The first-order valence-electron chi connectivity index (χ1n) is 12.0. The molecule has 2 heterocycles. The van der Waals surface area contributed by atoms with Gasteiger partial charge in [0.1, 0.15) is 23.9 Å². The summed E-state index contributed by atoms with van der Waals surface area (Å²) in [6.45, 7) is 3.51. The van der Waals surface area contributed by atoms with E-state index >= 15 is 0 Å². The average Bonchev–Trinajstić information content (AvgIpc) is 3.53. The topological polar surface area (TPSA) is 82.1 Å². The third kappa shape index (κ3) is 7.02. The molecule has 2 aromatic heterocycles. The number of hydrogen-bond acceptors (Lipinski definition) is 7. The smallest absolute Gasteiger partial charge is 0.227 e. The Morgan fingerprint density at radius 3 is 2.49 bits per heavy atom. The van der Waals surface area contributed by atoms with Gasteiger partial charge < -0.3 is 23.7 Å². The van der Waals surface area contributed by atoms with Crippen molar-refractivity contribution in [1.29, 1.82) is 0 Å². The molecule has 37 heavy (non-hydrogen) atoms. The highest BCUT2D eigenvalue weighted by molar-refractivity contribution is 5.44. The Morgan fingerprint density at radius 2 is 1.81 bits per heavy atom. The van der Waals surface area contributed by atoms with E-state index in [9.17, 15) is 5.11 Å². The lowest BCUT2D eigenvalue weighted by Gasteiger charge is -2.24. The summed E-state index contributed by atoms with van der Waals surface area (Å²) in [5, 5.41) is 15.4. The van der Waals surface area contributed by atoms with Crippen molar-refractivity contribution in [3.05, 3.63) is 90.0 Å². The van der Waals surface area contributed by atoms with Crippen molar-refractivity contribution in [2.75, 3.05) is 26.9 Å². The quantitative estimate of drug-likeness (QED) is 0.212. The normalized spacial score (nSPS) is 11.9. The predicted molar refractivity (Wildman–Crippen MR) is 140 cm³/mol. The zero-order chi connectivity index (χ0) is 26.0. The van der Waals surface area contributed by atoms with Crippen LogP contribution in [-0.2, 0) is 17.8 Å². The van der Waals surface area contributed by atoms with Crippen molar-refractivity contribution in [3.63, 3.8) is 0 Å². The molecule has 0 aliphatic rings. The first-order chi connectivity index (χ1) is 18.1. The molecule has 0 saturated carbocycles. The fourth-order valence-corrected chi connectivity index (χ4v) is 3.96. The van der Waals surface area contributed by atoms with E-state index in [0.717, 1.165) is 28.5 Å². The van der Waals surface area contributed by atoms with E-state index < -0.39 is 6.10 Å². The molecule has 0 radical (unpaired) electrons. The molecule has 0 amide bonds. The summed E-state index contributed by atoms with van der Waals surface area (Å²) in [4.78, 5) is 2.07. The third-order valence-electron chi connectivity index (χ3n) is 5.72. The van der Waals surface area contributed by atoms with Gasteiger partial charge in [-0.3, -0.25) is 4.90 Å². The number of methoxy groups -OCH3 is 1. The Labute approximate surface area is 217 Å². The molecular formula is C29H31N3O5. The zero-order valence-corrected chi connectivity index (χ0v) is 21.0. The number of furan rings is 1. The predicted octanol–water partition coefficient (Wildman–Crippen LogP) is 4.59. The number of aliphatic hydroxyl groups excluding tert-OH is 1. The molecule has 0 fully saturated rings. The number of para-hydroxylation sites is 1. The summed E-state index contributed by atoms with van der Waals surface area (Å²) in [6.07, 6.45) is 6.16. The van der Waals surface area contributed by atoms with E-state index in [1.165, 1.54) is 0 Å². The van der Waals surface area contributed by atoms with Gasteiger partial charge in [0.15, 0.2) is 0 Å². The van der Waals surface area contributed by atoms with E-state index in [2.05, 4.69) is 10.8 Å². The summed E-state index contributed by atoms with van der Waals surface area (Å²) < 4.78 is 24.4. The van der Waals surface area contributed by atoms with Crippen molar-refractivity contribution >= 4 is 0 Å². The van der Waals surface area contributed by atoms with E-state index in [-0.39, 0.29) is 13.2 Å². The number of aromatic nitrogens is 2. The van der Waals surface area contributed by atoms with Gasteiger partial charge in [0, 0.05) is 13.1 Å². The maximum absolute atomic E-state index is 10.6. The molecule has 0 bridgehead atoms. The van der Waals surface area contributed by atoms with Gasteiger partial charge in [-0.05, 0) is 55.5 Å². The van der Waals surface area contributed by atoms with E-state index in [0.29, 0.717) is 31.3 Å². The maximum Gasteiger partial charge on any atom is 0.227 e. The van der Waals surface area contributed by atoms with Gasteiger partial charge in [-0.2, -0.15) is 5.10 Å². The number of aliphatic hydroxyl groups is 1. The molecule has 4 rings (SSSR count). The highest BCUT2D eigenvalue weighted by Crippen LogP contribution is 2.32. The Bertz CT molecular complexity index is 1280. The van der Waals surface area contributed by atoms with Gasteiger partial charge in [-0.15, -0.1) is 6.42 Å². The number of ether oxygens (including phenoxy) is 3.